The molecule has 0 spiro atoms. The number of nitrogens with zero attached hydrogens (tertiary/aromatic N) is 8. The Morgan fingerprint density at radius 2 is 1.75 bits per heavy atom. The second-order valence-corrected chi connectivity index (χ2v) is 24.0. The van der Waals surface area contributed by atoms with Crippen molar-refractivity contribution in [1.82, 2.24) is 50.3 Å². The van der Waals surface area contributed by atoms with Crippen molar-refractivity contribution in [2.45, 2.75) is 116 Å². The smallest absolute Gasteiger partial charge is 0.319 e. The zero-order chi connectivity index (χ0) is 56.7. The van der Waals surface area contributed by atoms with Crippen LogP contribution in [-0.2, 0) is 34.1 Å². The van der Waals surface area contributed by atoms with Gasteiger partial charge in [-0.05, 0) is 104 Å². The Morgan fingerprint density at radius 3 is 2.47 bits per heavy atom. The van der Waals surface area contributed by atoms with Gasteiger partial charge in [0.15, 0.2) is 5.82 Å². The molecule has 2 bridgehead atoms. The van der Waals surface area contributed by atoms with Crippen LogP contribution < -0.4 is 25.6 Å². The molecule has 4 aliphatic rings. The summed E-state index contributed by atoms with van der Waals surface area (Å²) >= 11 is 1.57. The maximum Gasteiger partial charge on any atom is 0.319 e. The second kappa shape index (κ2) is 23.1. The first kappa shape index (κ1) is 55.3. The summed E-state index contributed by atoms with van der Waals surface area (Å²) in [6.07, 6.45) is 12.5. The maximum atomic E-state index is 17.2. The molecule has 1 unspecified atom stereocenters. The highest BCUT2D eigenvalue weighted by atomic mass is 32.1. The number of hydrogen-bond donors (Lipinski definition) is 5. The zero-order valence-electron chi connectivity index (χ0n) is 45.9. The average molecular weight is 1120 g/mol. The molecule has 0 aliphatic carbocycles. The minimum absolute atomic E-state index is 0.00512. The third-order valence-electron chi connectivity index (χ3n) is 16.4. The number of carbonyl (C=O) groups is 3. The Morgan fingerprint density at radius 1 is 0.988 bits per heavy atom. The summed E-state index contributed by atoms with van der Waals surface area (Å²) in [5.74, 6) is 0.614. The fourth-order valence-electron chi connectivity index (χ4n) is 12.1. The molecule has 4 saturated heterocycles. The van der Waals surface area contributed by atoms with Crippen LogP contribution in [0.1, 0.15) is 81.8 Å². The van der Waals surface area contributed by atoms with E-state index in [-0.39, 0.29) is 95.9 Å². The molecule has 4 fully saturated rings. The molecule has 0 saturated carbocycles. The Bertz CT molecular complexity index is 3540. The van der Waals surface area contributed by atoms with Crippen LogP contribution in [0.3, 0.4) is 0 Å². The number of hydrogen-bond acceptors (Lipinski definition) is 14. The van der Waals surface area contributed by atoms with Crippen molar-refractivity contribution >= 4 is 56.6 Å². The summed E-state index contributed by atoms with van der Waals surface area (Å²) < 4.78 is 40.8. The van der Waals surface area contributed by atoms with Crippen molar-refractivity contribution in [3.8, 4) is 45.8 Å². The van der Waals surface area contributed by atoms with Gasteiger partial charge in [-0.15, -0.1) is 17.8 Å². The third-order valence-corrected chi connectivity index (χ3v) is 17.4. The molecule has 3 aromatic carbocycles. The highest BCUT2D eigenvalue weighted by molar-refractivity contribution is 7.13. The summed E-state index contributed by atoms with van der Waals surface area (Å²) in [6.45, 7) is 12.1. The number of piperidine rings is 1. The Balaban J connectivity index is 0.704. The number of terminal acetylenes is 1. The summed E-state index contributed by atoms with van der Waals surface area (Å²) in [5.41, 5.74) is 4.80. The first-order chi connectivity index (χ1) is 39.0. The van der Waals surface area contributed by atoms with Crippen LogP contribution in [0.2, 0.25) is 0 Å². The number of benzene rings is 3. The topological polar surface area (TPSA) is 203 Å². The molecule has 81 heavy (non-hydrogen) atoms. The summed E-state index contributed by atoms with van der Waals surface area (Å²) in [5, 5.41) is 32.1. The quantitative estimate of drug-likeness (QED) is 0.0597. The van der Waals surface area contributed by atoms with Gasteiger partial charge in [-0.3, -0.25) is 19.4 Å². The van der Waals surface area contributed by atoms with E-state index in [1.54, 1.807) is 11.3 Å². The Labute approximate surface area is 473 Å². The summed E-state index contributed by atoms with van der Waals surface area (Å²) in [4.78, 5) is 66.9. The summed E-state index contributed by atoms with van der Waals surface area (Å²) in [7, 11) is 0. The molecule has 8 heterocycles. The lowest BCUT2D eigenvalue weighted by atomic mass is 9.85. The van der Waals surface area contributed by atoms with Gasteiger partial charge in [-0.25, -0.2) is 13.8 Å². The van der Waals surface area contributed by atoms with Gasteiger partial charge in [0.2, 0.25) is 17.7 Å². The number of likely N-dealkylation sites (tertiary alicyclic amines) is 2. The van der Waals surface area contributed by atoms with Gasteiger partial charge in [0, 0.05) is 87.5 Å². The lowest BCUT2D eigenvalue weighted by molar-refractivity contribution is -0.144. The number of aliphatic hydroxyl groups excluding tert-OH is 1. The van der Waals surface area contributed by atoms with E-state index >= 15 is 8.78 Å². The number of nitrogens with one attached hydrogen (secondary N) is 3. The number of anilines is 1. The highest BCUT2D eigenvalue weighted by Gasteiger charge is 2.45. The molecule has 17 nitrogen and oxygen atoms in total. The number of halogens is 2. The van der Waals surface area contributed by atoms with Gasteiger partial charge in [-0.2, -0.15) is 9.97 Å². The molecular formula is C61H67F2N11O6S. The van der Waals surface area contributed by atoms with Crippen molar-refractivity contribution in [3.63, 3.8) is 0 Å². The van der Waals surface area contributed by atoms with Crippen molar-refractivity contribution in [1.29, 1.82) is 0 Å². The largest absolute Gasteiger partial charge is 0.508 e. The van der Waals surface area contributed by atoms with Gasteiger partial charge in [0.25, 0.3) is 0 Å². The van der Waals surface area contributed by atoms with E-state index in [0.717, 1.165) is 72.7 Å². The van der Waals surface area contributed by atoms with Crippen LogP contribution in [-0.4, -0.2) is 132 Å². The molecule has 4 aromatic heterocycles. The Hall–Kier alpha value is -7.57. The number of pyridine rings is 1. The SMILES string of the molecule is C#Cc1c(F)ccc2cc(O)cc(-c3ncc4c(N5CC6CC[C@@H](C5)N6)nc(OCc5cccn5CC5CCN(CCC(=O)N[C@H](C(=O)N6C[C@H](O)C[C@H]6C(=O)NCc6ccc(-c7scnc7C)cc6)C(C)(C)C)CC5)nc4c3F)c12. The third kappa shape index (κ3) is 11.8. The van der Waals surface area contributed by atoms with Gasteiger partial charge >= 0.3 is 6.01 Å². The number of thiazole rings is 1. The minimum Gasteiger partial charge on any atom is -0.508 e. The van der Waals surface area contributed by atoms with E-state index < -0.39 is 41.1 Å². The monoisotopic (exact) mass is 1120 g/mol. The number of fused-ring (bicyclic) bond motifs is 4. The molecule has 0 radical (unpaired) electrons. The molecule has 11 rings (SSSR count). The molecule has 3 amide bonds. The van der Waals surface area contributed by atoms with E-state index in [2.05, 4.69) is 51.2 Å². The molecule has 422 valence electrons. The van der Waals surface area contributed by atoms with Crippen LogP contribution in [0.4, 0.5) is 14.6 Å². The van der Waals surface area contributed by atoms with Crippen molar-refractivity contribution in [2.75, 3.05) is 44.2 Å². The highest BCUT2D eigenvalue weighted by Crippen LogP contribution is 2.40. The molecule has 5 N–H and O–H groups in total. The van der Waals surface area contributed by atoms with Gasteiger partial charge < -0.3 is 50.2 Å². The van der Waals surface area contributed by atoms with Crippen molar-refractivity contribution in [2.24, 2.45) is 11.3 Å². The number of aliphatic hydroxyl groups is 1. The predicted molar refractivity (Wildman–Crippen MR) is 306 cm³/mol. The number of aromatic nitrogens is 5. The summed E-state index contributed by atoms with van der Waals surface area (Å²) in [6, 6.07) is 16.0. The number of piperazine rings is 1. The number of rotatable bonds is 16. The lowest BCUT2D eigenvalue weighted by Gasteiger charge is -2.36. The van der Waals surface area contributed by atoms with Crippen molar-refractivity contribution in [3.05, 3.63) is 113 Å². The molecular weight excluding hydrogens is 1050 g/mol. The standard InChI is InChI=1S/C61H67F2N11O6S/c1-6-45-48(62)16-13-39-24-43(75)25-46(51(39)45)53-52(63)54-47(28-64-53)57(73-30-40-14-15-41(31-73)67-40)70-60(69-54)80-33-42-8-7-20-72(42)29-37-17-21-71(22-18-37)23-19-50(77)68-56(61(3,4)5)59(79)74-32-44(76)26-49(74)58(78)65-27-36-9-11-38(12-10-36)55-35(2)66-34-81-55/h1,7-13,16,20,24-25,28,34,37,40-41,44,49,56,67,75-76H,14-15,17-19,21-23,26-27,29-33H2,2-5H3,(H,65,78)(H,68,77)/t40-,41?,44+,49-,56+/m0/s1. The first-order valence-electron chi connectivity index (χ1n) is 27.8. The van der Waals surface area contributed by atoms with Crippen LogP contribution in [0.15, 0.2) is 78.6 Å². The average Bonchev–Trinajstić information content (AvgIpc) is 4.40. The van der Waals surface area contributed by atoms with E-state index in [0.29, 0.717) is 42.1 Å². The van der Waals surface area contributed by atoms with Gasteiger partial charge in [0.1, 0.15) is 47.3 Å². The van der Waals surface area contributed by atoms with E-state index in [1.807, 2.05) is 75.8 Å². The number of aryl methyl sites for hydroxylation is 1. The van der Waals surface area contributed by atoms with Crippen LogP contribution in [0.25, 0.3) is 43.4 Å². The zero-order valence-corrected chi connectivity index (χ0v) is 46.7. The number of phenols is 1. The first-order valence-corrected chi connectivity index (χ1v) is 28.7. The van der Waals surface area contributed by atoms with Crippen LogP contribution >= 0.6 is 11.3 Å². The van der Waals surface area contributed by atoms with E-state index in [4.69, 9.17) is 16.1 Å². The lowest BCUT2D eigenvalue weighted by Crippen LogP contribution is -2.58. The minimum atomic E-state index is -0.921. The van der Waals surface area contributed by atoms with Crippen LogP contribution in [0, 0.1) is 42.2 Å². The van der Waals surface area contributed by atoms with Gasteiger partial charge in [0.05, 0.1) is 38.8 Å². The molecule has 5 atom stereocenters. The fraction of sp³-hybridized carbons (Fsp3) is 0.426. The normalized spacial score (nSPS) is 20.0. The number of β-amino-alcohol motifs (C(OH)–C–C–N with tert-alkyl or cyclic N) is 1. The second-order valence-electron chi connectivity index (χ2n) is 23.1. The molecule has 4 aliphatic heterocycles. The number of amides is 3. The fourth-order valence-corrected chi connectivity index (χ4v) is 12.9. The molecule has 20 heteroatoms. The van der Waals surface area contributed by atoms with Gasteiger partial charge in [-0.1, -0.05) is 57.0 Å². The van der Waals surface area contributed by atoms with Crippen molar-refractivity contribution < 1.29 is 38.1 Å². The van der Waals surface area contributed by atoms with Crippen LogP contribution in [0.5, 0.6) is 11.8 Å². The predicted octanol–water partition coefficient (Wildman–Crippen LogP) is 7.47. The maximum absolute atomic E-state index is 17.2. The number of phenolic OH excluding ortho intramolecular Hbond substituents is 1. The Kier molecular flexibility index (Phi) is 15.8. The number of aromatic hydroxyl groups is 1. The molecule has 7 aromatic rings. The van der Waals surface area contributed by atoms with E-state index in [9.17, 15) is 24.6 Å². The van der Waals surface area contributed by atoms with E-state index in [1.165, 1.54) is 35.4 Å². The number of ether oxygens (including phenoxy) is 1. The number of carbonyl (C=O) groups excluding carboxylic acids is 3.